The van der Waals surface area contributed by atoms with E-state index in [-0.39, 0.29) is 5.92 Å². The van der Waals surface area contributed by atoms with Gasteiger partial charge < -0.3 is 19.6 Å². The molecule has 7 heteroatoms. The maximum absolute atomic E-state index is 12.4. The van der Waals surface area contributed by atoms with Gasteiger partial charge in [0, 0.05) is 17.0 Å². The number of fused-ring (bicyclic) bond motifs is 1. The Morgan fingerprint density at radius 2 is 1.93 bits per heavy atom. The lowest BCUT2D eigenvalue weighted by Gasteiger charge is -2.22. The molecular formula is C21H27NO6. The van der Waals surface area contributed by atoms with Gasteiger partial charge in [0.2, 0.25) is 0 Å². The van der Waals surface area contributed by atoms with Gasteiger partial charge in [-0.1, -0.05) is 27.2 Å². The van der Waals surface area contributed by atoms with Crippen LogP contribution >= 0.6 is 0 Å². The number of rotatable bonds is 8. The number of hydrogen-bond donors (Lipinski definition) is 2. The first kappa shape index (κ1) is 21.5. The Labute approximate surface area is 163 Å². The summed E-state index contributed by atoms with van der Waals surface area (Å²) >= 11 is 0. The fourth-order valence-corrected chi connectivity index (χ4v) is 3.04. The number of carbonyl (C=O) groups is 2. The van der Waals surface area contributed by atoms with Crippen LogP contribution in [-0.4, -0.2) is 29.1 Å². The van der Waals surface area contributed by atoms with E-state index in [0.717, 1.165) is 23.8 Å². The van der Waals surface area contributed by atoms with E-state index in [1.165, 1.54) is 6.07 Å². The predicted octanol–water partition coefficient (Wildman–Crippen LogP) is 3.05. The molecule has 0 saturated carbocycles. The van der Waals surface area contributed by atoms with E-state index < -0.39 is 29.6 Å². The maximum Gasteiger partial charge on any atom is 0.336 e. The van der Waals surface area contributed by atoms with Gasteiger partial charge in [-0.3, -0.25) is 4.79 Å². The molecule has 1 aromatic heterocycles. The van der Waals surface area contributed by atoms with Crippen LogP contribution in [0.1, 0.15) is 45.2 Å². The van der Waals surface area contributed by atoms with Gasteiger partial charge >= 0.3 is 11.6 Å². The highest BCUT2D eigenvalue weighted by Gasteiger charge is 2.27. The Balaban J connectivity index is 2.28. The molecule has 152 valence electrons. The zero-order valence-electron chi connectivity index (χ0n) is 16.9. The largest absolute Gasteiger partial charge is 0.480 e. The summed E-state index contributed by atoms with van der Waals surface area (Å²) in [6.07, 6.45) is 0.738. The third kappa shape index (κ3) is 4.71. The first-order valence-corrected chi connectivity index (χ1v) is 9.41. The third-order valence-electron chi connectivity index (χ3n) is 4.62. The number of nitrogens with one attached hydrogen (secondary N) is 1. The van der Waals surface area contributed by atoms with E-state index in [0.29, 0.717) is 16.9 Å². The number of benzene rings is 1. The van der Waals surface area contributed by atoms with E-state index in [1.807, 2.05) is 13.0 Å². The molecule has 1 unspecified atom stereocenters. The summed E-state index contributed by atoms with van der Waals surface area (Å²) in [6, 6.07) is 4.05. The summed E-state index contributed by atoms with van der Waals surface area (Å²) in [4.78, 5) is 35.5. The van der Waals surface area contributed by atoms with Crippen LogP contribution in [0.5, 0.6) is 5.75 Å². The zero-order chi connectivity index (χ0) is 21.0. The molecule has 1 aromatic carbocycles. The Bertz CT molecular complexity index is 930. The van der Waals surface area contributed by atoms with Crippen molar-refractivity contribution in [2.45, 2.75) is 59.6 Å². The first-order chi connectivity index (χ1) is 13.1. The molecule has 2 aromatic rings. The molecule has 0 fully saturated rings. The Kier molecular flexibility index (Phi) is 6.83. The van der Waals surface area contributed by atoms with E-state index >= 15 is 0 Å². The molecule has 2 N–H and O–H groups in total. The van der Waals surface area contributed by atoms with Crippen molar-refractivity contribution in [2.75, 3.05) is 0 Å². The molecule has 0 radical (unpaired) electrons. The summed E-state index contributed by atoms with van der Waals surface area (Å²) in [5, 5.41) is 12.6. The van der Waals surface area contributed by atoms with Crippen molar-refractivity contribution in [2.24, 2.45) is 5.92 Å². The second kappa shape index (κ2) is 8.91. The van der Waals surface area contributed by atoms with Crippen molar-refractivity contribution in [1.82, 2.24) is 5.32 Å². The highest BCUT2D eigenvalue weighted by atomic mass is 16.5. The molecular weight excluding hydrogens is 362 g/mol. The Morgan fingerprint density at radius 1 is 1.25 bits per heavy atom. The normalized spacial score (nSPS) is 13.4. The molecule has 1 heterocycles. The number of amides is 1. The number of carbonyl (C=O) groups excluding carboxylic acids is 1. The molecule has 1 amide bonds. The van der Waals surface area contributed by atoms with Gasteiger partial charge in [0.15, 0.2) is 6.10 Å². The summed E-state index contributed by atoms with van der Waals surface area (Å²) in [7, 11) is 0. The van der Waals surface area contributed by atoms with Crippen LogP contribution in [0.15, 0.2) is 27.4 Å². The topological polar surface area (TPSA) is 106 Å². The number of aryl methyl sites for hydroxylation is 2. The minimum absolute atomic E-state index is 0.262. The van der Waals surface area contributed by atoms with E-state index in [2.05, 4.69) is 5.32 Å². The van der Waals surface area contributed by atoms with Crippen LogP contribution in [0.4, 0.5) is 0 Å². The van der Waals surface area contributed by atoms with Crippen molar-refractivity contribution in [3.05, 3.63) is 39.7 Å². The Morgan fingerprint density at radius 3 is 2.50 bits per heavy atom. The van der Waals surface area contributed by atoms with Gasteiger partial charge in [0.1, 0.15) is 17.4 Å². The number of aliphatic carboxylic acids is 1. The Hall–Kier alpha value is -2.83. The number of ether oxygens (including phenoxy) is 1. The van der Waals surface area contributed by atoms with Gasteiger partial charge in [-0.2, -0.15) is 0 Å². The molecule has 0 aliphatic rings. The van der Waals surface area contributed by atoms with Crippen molar-refractivity contribution in [1.29, 1.82) is 0 Å². The monoisotopic (exact) mass is 389 g/mol. The first-order valence-electron chi connectivity index (χ1n) is 9.41. The van der Waals surface area contributed by atoms with Crippen molar-refractivity contribution in [3.63, 3.8) is 0 Å². The van der Waals surface area contributed by atoms with E-state index in [1.54, 1.807) is 33.8 Å². The lowest BCUT2D eigenvalue weighted by molar-refractivity contribution is -0.144. The average molecular weight is 389 g/mol. The molecule has 0 spiro atoms. The quantitative estimate of drug-likeness (QED) is 0.672. The van der Waals surface area contributed by atoms with Gasteiger partial charge in [-0.05, 0) is 43.9 Å². The van der Waals surface area contributed by atoms with Crippen LogP contribution < -0.4 is 15.7 Å². The smallest absolute Gasteiger partial charge is 0.336 e. The molecule has 7 nitrogen and oxygen atoms in total. The zero-order valence-corrected chi connectivity index (χ0v) is 16.9. The number of carboxylic acids is 1. The second-order valence-electron chi connectivity index (χ2n) is 7.23. The molecule has 0 saturated heterocycles. The summed E-state index contributed by atoms with van der Waals surface area (Å²) in [5.74, 6) is -1.48. The predicted molar refractivity (Wildman–Crippen MR) is 106 cm³/mol. The molecule has 2 atom stereocenters. The summed E-state index contributed by atoms with van der Waals surface area (Å²) in [5.41, 5.74) is 1.54. The van der Waals surface area contributed by atoms with Crippen molar-refractivity contribution < 1.29 is 23.8 Å². The minimum Gasteiger partial charge on any atom is -0.480 e. The van der Waals surface area contributed by atoms with Gasteiger partial charge in [-0.15, -0.1) is 0 Å². The fourth-order valence-electron chi connectivity index (χ4n) is 3.04. The second-order valence-corrected chi connectivity index (χ2v) is 7.23. The third-order valence-corrected chi connectivity index (χ3v) is 4.62. The average Bonchev–Trinajstić information content (AvgIpc) is 2.61. The van der Waals surface area contributed by atoms with E-state index in [4.69, 9.17) is 9.15 Å². The molecule has 2 rings (SSSR count). The molecule has 0 bridgehead atoms. The minimum atomic E-state index is -1.09. The van der Waals surface area contributed by atoms with Crippen LogP contribution in [0.3, 0.4) is 0 Å². The fraction of sp³-hybridized carbons (Fsp3) is 0.476. The van der Waals surface area contributed by atoms with Crippen LogP contribution in [0.2, 0.25) is 0 Å². The van der Waals surface area contributed by atoms with Gasteiger partial charge in [0.25, 0.3) is 5.91 Å². The summed E-state index contributed by atoms with van der Waals surface area (Å²) < 4.78 is 11.1. The lowest BCUT2D eigenvalue weighted by atomic mass is 10.0. The van der Waals surface area contributed by atoms with Gasteiger partial charge in [-0.25, -0.2) is 9.59 Å². The molecule has 0 aliphatic carbocycles. The highest BCUT2D eigenvalue weighted by Crippen LogP contribution is 2.29. The highest BCUT2D eigenvalue weighted by molar-refractivity contribution is 5.87. The molecule has 0 aliphatic heterocycles. The standard InChI is InChI=1S/C21H27NO6/c1-6-7-14-10-17(23)28-19-12(4)16(9-8-15(14)19)27-13(5)20(24)22-18(11(2)3)21(25)26/h8-11,13,18H,6-7H2,1-5H3,(H,22,24)(H,25,26)/t13?,18-/m0/s1. The van der Waals surface area contributed by atoms with Crippen molar-refractivity contribution in [3.8, 4) is 5.75 Å². The lowest BCUT2D eigenvalue weighted by Crippen LogP contribution is -2.48. The summed E-state index contributed by atoms with van der Waals surface area (Å²) in [6.45, 7) is 8.77. The van der Waals surface area contributed by atoms with Crippen LogP contribution in [-0.2, 0) is 16.0 Å². The SMILES string of the molecule is CCCc1cc(=O)oc2c(C)c(OC(C)C(=O)N[C@H](C(=O)O)C(C)C)ccc12. The van der Waals surface area contributed by atoms with Crippen molar-refractivity contribution >= 4 is 22.8 Å². The van der Waals surface area contributed by atoms with Gasteiger partial charge in [0.05, 0.1) is 0 Å². The van der Waals surface area contributed by atoms with E-state index in [9.17, 15) is 19.5 Å². The maximum atomic E-state index is 12.4. The number of carboxylic acid groups (broad SMARTS) is 1. The number of hydrogen-bond acceptors (Lipinski definition) is 5. The van der Waals surface area contributed by atoms with Crippen LogP contribution in [0.25, 0.3) is 11.0 Å². The van der Waals surface area contributed by atoms with Crippen LogP contribution in [0, 0.1) is 12.8 Å². The molecule has 28 heavy (non-hydrogen) atoms.